The van der Waals surface area contributed by atoms with Crippen LogP contribution >= 0.6 is 0 Å². The van der Waals surface area contributed by atoms with Crippen LogP contribution in [-0.4, -0.2) is 3.21 Å². The summed E-state index contributed by atoms with van der Waals surface area (Å²) in [6, 6.07) is 37.3. The van der Waals surface area contributed by atoms with Crippen LogP contribution in [0.1, 0.15) is 84.1 Å². The second kappa shape index (κ2) is 15.8. The van der Waals surface area contributed by atoms with Gasteiger partial charge in [0, 0.05) is 0 Å². The fourth-order valence-electron chi connectivity index (χ4n) is 4.95. The van der Waals surface area contributed by atoms with Crippen LogP contribution in [0.5, 0.6) is 0 Å². The van der Waals surface area contributed by atoms with E-state index in [0.717, 1.165) is 6.42 Å². The zero-order valence-electron chi connectivity index (χ0n) is 28.6. The molecule has 0 bridgehead atoms. The molecule has 6 rings (SSSR count). The van der Waals surface area contributed by atoms with Crippen molar-refractivity contribution < 1.29 is 24.2 Å². The minimum absolute atomic E-state index is 0. The molecule has 0 aromatic heterocycles. The minimum atomic E-state index is 0. The Hall–Kier alpha value is -3.02. The monoisotopic (exact) mass is 656 g/mol. The molecule has 1 aliphatic rings. The van der Waals surface area contributed by atoms with Gasteiger partial charge in [0.2, 0.25) is 0 Å². The molecule has 1 aliphatic carbocycles. The third kappa shape index (κ3) is 9.49. The first-order chi connectivity index (χ1) is 19.8. The van der Waals surface area contributed by atoms with E-state index in [2.05, 4.69) is 171 Å². The van der Waals surface area contributed by atoms with Gasteiger partial charge < -0.3 is 14.9 Å². The molecular formula is C43H50Zr-4. The summed E-state index contributed by atoms with van der Waals surface area (Å²) in [5, 5.41) is 5.48. The molecule has 0 atom stereocenters. The molecular weight excluding hydrogens is 608 g/mol. The summed E-state index contributed by atoms with van der Waals surface area (Å²) in [5.41, 5.74) is 8.72. The molecule has 0 amide bonds. The molecule has 0 aliphatic heterocycles. The number of allylic oxidation sites excluding steroid dienone is 4. The number of rotatable bonds is 2. The van der Waals surface area contributed by atoms with Crippen LogP contribution in [-0.2, 0) is 35.1 Å². The van der Waals surface area contributed by atoms with E-state index in [1.54, 1.807) is 0 Å². The molecule has 0 spiro atoms. The molecule has 0 radical (unpaired) electrons. The first-order valence-electron chi connectivity index (χ1n) is 14.9. The number of hydrogen-bond acceptors (Lipinski definition) is 0. The average molecular weight is 658 g/mol. The molecule has 230 valence electrons. The second-order valence-corrected chi connectivity index (χ2v) is 14.6. The number of fused-ring (bicyclic) bond motifs is 3. The fraction of sp³-hybridized carbons (Fsp3) is 0.256. The Bertz CT molecular complexity index is 1600. The van der Waals surface area contributed by atoms with Gasteiger partial charge >= 0.3 is 99.2 Å². The normalized spacial score (nSPS) is 12.4. The van der Waals surface area contributed by atoms with Crippen molar-refractivity contribution in [3.8, 4) is 0 Å². The van der Waals surface area contributed by atoms with Gasteiger partial charge in [0.1, 0.15) is 0 Å². The van der Waals surface area contributed by atoms with Crippen LogP contribution < -0.4 is 0 Å². The van der Waals surface area contributed by atoms with E-state index in [9.17, 15) is 0 Å². The second-order valence-electron chi connectivity index (χ2n) is 13.3. The van der Waals surface area contributed by atoms with Gasteiger partial charge in [0.15, 0.2) is 0 Å². The maximum atomic E-state index is 3.12. The van der Waals surface area contributed by atoms with E-state index in [0.29, 0.717) is 0 Å². The van der Waals surface area contributed by atoms with Crippen molar-refractivity contribution in [3.63, 3.8) is 0 Å². The summed E-state index contributed by atoms with van der Waals surface area (Å²) < 4.78 is 1.42. The van der Waals surface area contributed by atoms with Crippen molar-refractivity contribution in [1.29, 1.82) is 0 Å². The summed E-state index contributed by atoms with van der Waals surface area (Å²) >= 11 is 1.46. The summed E-state index contributed by atoms with van der Waals surface area (Å²) in [6.07, 6.45) is 6.22. The average Bonchev–Trinajstić information content (AvgIpc) is 3.54. The molecule has 5 aromatic carbocycles. The van der Waals surface area contributed by atoms with Gasteiger partial charge in [0.05, 0.1) is 0 Å². The quantitative estimate of drug-likeness (QED) is 0.166. The van der Waals surface area contributed by atoms with Crippen molar-refractivity contribution in [2.75, 3.05) is 0 Å². The van der Waals surface area contributed by atoms with Gasteiger partial charge in [-0.05, 0) is 10.8 Å². The van der Waals surface area contributed by atoms with Crippen molar-refractivity contribution in [2.45, 2.75) is 72.6 Å². The molecule has 0 unspecified atom stereocenters. The predicted octanol–water partition coefficient (Wildman–Crippen LogP) is 12.1. The van der Waals surface area contributed by atoms with Gasteiger partial charge in [-0.15, -0.1) is 53.1 Å². The van der Waals surface area contributed by atoms with E-state index in [-0.39, 0.29) is 25.7 Å². The Morgan fingerprint density at radius 2 is 1.05 bits per heavy atom. The van der Waals surface area contributed by atoms with Crippen LogP contribution in [0.2, 0.25) is 0 Å². The molecule has 0 saturated carbocycles. The molecule has 0 nitrogen and oxygen atoms in total. The molecule has 0 N–H and O–H groups in total. The Kier molecular flexibility index (Phi) is 13.4. The van der Waals surface area contributed by atoms with Gasteiger partial charge in [0.25, 0.3) is 0 Å². The molecule has 44 heavy (non-hydrogen) atoms. The first kappa shape index (κ1) is 37.2. The van der Waals surface area contributed by atoms with E-state index in [1.807, 2.05) is 0 Å². The van der Waals surface area contributed by atoms with Gasteiger partial charge in [-0.2, -0.15) is 5.57 Å². The van der Waals surface area contributed by atoms with Crippen LogP contribution in [0.25, 0.3) is 21.5 Å². The van der Waals surface area contributed by atoms with Crippen molar-refractivity contribution in [2.24, 2.45) is 0 Å². The third-order valence-electron chi connectivity index (χ3n) is 7.92. The van der Waals surface area contributed by atoms with Crippen LogP contribution in [0.3, 0.4) is 0 Å². The van der Waals surface area contributed by atoms with Crippen molar-refractivity contribution >= 4 is 24.8 Å². The summed E-state index contributed by atoms with van der Waals surface area (Å²) in [7, 11) is 0. The topological polar surface area (TPSA) is 0 Å². The first-order valence-corrected chi connectivity index (χ1v) is 16.1. The van der Waals surface area contributed by atoms with E-state index in [1.165, 1.54) is 82.4 Å². The van der Waals surface area contributed by atoms with Crippen LogP contribution in [0.4, 0.5) is 0 Å². The fourth-order valence-corrected chi connectivity index (χ4v) is 5.77. The summed E-state index contributed by atoms with van der Waals surface area (Å²) in [6.45, 7) is 17.9. The summed E-state index contributed by atoms with van der Waals surface area (Å²) in [4.78, 5) is 0. The zero-order chi connectivity index (χ0) is 30.5. The van der Waals surface area contributed by atoms with E-state index < -0.39 is 0 Å². The van der Waals surface area contributed by atoms with Gasteiger partial charge in [-0.1, -0.05) is 83.9 Å². The SMILES string of the molecule is CC(C)(C)c1ccc2c(c1)[cH-]c1cc(C(C)(C)C)ccc12.CC1=C(C)C[C-]=C1.[CH3-].[CH3-].[Zr]=[C](c1ccccc1)c1ccccc1. The van der Waals surface area contributed by atoms with Gasteiger partial charge in [-0.3, -0.25) is 6.08 Å². The van der Waals surface area contributed by atoms with Crippen LogP contribution in [0, 0.1) is 20.9 Å². The Morgan fingerprint density at radius 1 is 0.636 bits per heavy atom. The third-order valence-corrected chi connectivity index (χ3v) is 9.34. The van der Waals surface area contributed by atoms with Crippen LogP contribution in [0.15, 0.2) is 120 Å². The number of benzene rings is 4. The standard InChI is InChI=1S/C21H25.C13H10.C7H9.2CH3.Zr/c1-20(2,3)16-7-9-18-14(12-16)11-15-13-17(21(4,5)6)8-10-19(15)18;1-3-7-12(8-4-1)11-13-9-5-2-6-10-13;1-6-4-3-5-7(6)2;;;/h7-13H,1-6H3;1-10H;4H,5H2,1-2H3;2*1H3;/q-1;;3*-1;. The van der Waals surface area contributed by atoms with Gasteiger partial charge in [-0.25, -0.2) is 11.6 Å². The predicted molar refractivity (Wildman–Crippen MR) is 194 cm³/mol. The summed E-state index contributed by atoms with van der Waals surface area (Å²) in [5.74, 6) is 0. The molecule has 5 aromatic rings. The molecule has 1 heteroatoms. The molecule has 0 heterocycles. The Labute approximate surface area is 283 Å². The Morgan fingerprint density at radius 3 is 1.34 bits per heavy atom. The molecule has 0 saturated heterocycles. The number of hydrogen-bond donors (Lipinski definition) is 0. The van der Waals surface area contributed by atoms with Crippen molar-refractivity contribution in [3.05, 3.63) is 164 Å². The molecule has 0 fully saturated rings. The van der Waals surface area contributed by atoms with E-state index >= 15 is 0 Å². The zero-order valence-corrected chi connectivity index (χ0v) is 31.1. The maximum absolute atomic E-state index is 3.12. The van der Waals surface area contributed by atoms with Crippen molar-refractivity contribution in [1.82, 2.24) is 0 Å². The Balaban J connectivity index is 0.000000253. The van der Waals surface area contributed by atoms with E-state index in [4.69, 9.17) is 0 Å².